The molecule has 0 radical (unpaired) electrons. The maximum atomic E-state index is 13.0. The molecule has 128 valence electrons. The Kier molecular flexibility index (Phi) is 4.46. The zero-order valence-electron chi connectivity index (χ0n) is 13.5. The highest BCUT2D eigenvalue weighted by molar-refractivity contribution is 7.86. The van der Waals surface area contributed by atoms with Crippen molar-refractivity contribution in [2.24, 2.45) is 0 Å². The van der Waals surface area contributed by atoms with Gasteiger partial charge in [-0.1, -0.05) is 18.2 Å². The van der Waals surface area contributed by atoms with Crippen molar-refractivity contribution in [2.45, 2.75) is 16.4 Å². The Hall–Kier alpha value is -2.31. The molecule has 0 saturated carbocycles. The van der Waals surface area contributed by atoms with E-state index < -0.39 is 16.2 Å². The van der Waals surface area contributed by atoms with Crippen LogP contribution in [0, 0.1) is 0 Å². The first-order valence-electron chi connectivity index (χ1n) is 7.86. The molecule has 1 unspecified atom stereocenters. The van der Waals surface area contributed by atoms with Gasteiger partial charge in [0.2, 0.25) is 5.44 Å². The fourth-order valence-corrected chi connectivity index (χ4v) is 5.12. The average molecular weight is 371 g/mol. The van der Waals surface area contributed by atoms with Gasteiger partial charge in [0.1, 0.15) is 28.3 Å². The van der Waals surface area contributed by atoms with E-state index in [0.717, 1.165) is 21.2 Å². The number of anilines is 1. The number of ether oxygens (including phenoxy) is 2. The summed E-state index contributed by atoms with van der Waals surface area (Å²) in [5.74, 6) is 1.50. The molecular weight excluding hydrogens is 354 g/mol. The second-order valence-electron chi connectivity index (χ2n) is 5.60. The van der Waals surface area contributed by atoms with Gasteiger partial charge in [-0.25, -0.2) is 0 Å². The van der Waals surface area contributed by atoms with Gasteiger partial charge in [-0.2, -0.15) is 0 Å². The van der Waals surface area contributed by atoms with E-state index in [1.807, 2.05) is 66.0 Å². The van der Waals surface area contributed by atoms with Crippen molar-refractivity contribution < 1.29 is 13.7 Å². The Bertz CT molecular complexity index is 878. The molecule has 2 aromatic carbocycles. The average Bonchev–Trinajstić information content (AvgIpc) is 3.29. The van der Waals surface area contributed by atoms with Gasteiger partial charge in [0.05, 0.1) is 12.0 Å². The summed E-state index contributed by atoms with van der Waals surface area (Å²) < 4.78 is 24.2. The van der Waals surface area contributed by atoms with Gasteiger partial charge in [0.25, 0.3) is 0 Å². The van der Waals surface area contributed by atoms with E-state index in [1.54, 1.807) is 18.4 Å². The third-order valence-electron chi connectivity index (χ3n) is 4.05. The predicted molar refractivity (Wildman–Crippen MR) is 101 cm³/mol. The van der Waals surface area contributed by atoms with E-state index in [1.165, 1.54) is 0 Å². The van der Waals surface area contributed by atoms with E-state index in [0.29, 0.717) is 5.75 Å². The van der Waals surface area contributed by atoms with Gasteiger partial charge in [-0.05, 0) is 47.8 Å². The normalized spacial score (nSPS) is 19.7. The molecule has 0 fully saturated rings. The second-order valence-corrected chi connectivity index (χ2v) is 8.07. The number of rotatable bonds is 5. The van der Waals surface area contributed by atoms with Crippen LogP contribution in [0.2, 0.25) is 0 Å². The number of hydrogen-bond acceptors (Lipinski definition) is 5. The SMILES string of the molecule is COc1ccc(N[C@@H](c2cccs2)[C@H]2Oc3ccccc3S2=O)cc1. The van der Waals surface area contributed by atoms with Crippen molar-refractivity contribution in [3.8, 4) is 11.5 Å². The molecule has 1 aromatic heterocycles. The smallest absolute Gasteiger partial charge is 0.202 e. The Morgan fingerprint density at radius 2 is 1.92 bits per heavy atom. The Morgan fingerprint density at radius 3 is 2.60 bits per heavy atom. The van der Waals surface area contributed by atoms with E-state index in [4.69, 9.17) is 9.47 Å². The summed E-state index contributed by atoms with van der Waals surface area (Å²) in [5, 5.41) is 5.49. The van der Waals surface area contributed by atoms with E-state index in [-0.39, 0.29) is 6.04 Å². The van der Waals surface area contributed by atoms with Crippen LogP contribution >= 0.6 is 11.3 Å². The number of benzene rings is 2. The third-order valence-corrected chi connectivity index (χ3v) is 6.57. The minimum absolute atomic E-state index is 0.207. The lowest BCUT2D eigenvalue weighted by Crippen LogP contribution is -2.30. The fourth-order valence-electron chi connectivity index (χ4n) is 2.81. The minimum Gasteiger partial charge on any atom is -0.497 e. The van der Waals surface area contributed by atoms with Crippen molar-refractivity contribution in [3.63, 3.8) is 0 Å². The lowest BCUT2D eigenvalue weighted by atomic mass is 10.2. The Labute approximate surface area is 152 Å². The van der Waals surface area contributed by atoms with Gasteiger partial charge in [0, 0.05) is 10.6 Å². The number of nitrogens with one attached hydrogen (secondary N) is 1. The van der Waals surface area contributed by atoms with Crippen molar-refractivity contribution >= 4 is 27.8 Å². The summed E-state index contributed by atoms with van der Waals surface area (Å²) in [6.07, 6.45) is 0. The van der Waals surface area contributed by atoms with Gasteiger partial charge in [0.15, 0.2) is 0 Å². The Balaban J connectivity index is 1.65. The first-order valence-corrected chi connectivity index (χ1v) is 9.96. The van der Waals surface area contributed by atoms with Crippen LogP contribution in [-0.2, 0) is 10.8 Å². The van der Waals surface area contributed by atoms with Crippen molar-refractivity contribution in [2.75, 3.05) is 12.4 Å². The lowest BCUT2D eigenvalue weighted by molar-refractivity contribution is 0.269. The highest BCUT2D eigenvalue weighted by Crippen LogP contribution is 2.40. The van der Waals surface area contributed by atoms with Crippen molar-refractivity contribution in [3.05, 3.63) is 70.9 Å². The molecule has 0 saturated heterocycles. The van der Waals surface area contributed by atoms with Gasteiger partial charge in [-0.3, -0.25) is 4.21 Å². The molecule has 0 amide bonds. The van der Waals surface area contributed by atoms with E-state index in [2.05, 4.69) is 5.32 Å². The van der Waals surface area contributed by atoms with Gasteiger partial charge < -0.3 is 14.8 Å². The van der Waals surface area contributed by atoms with Crippen LogP contribution in [0.3, 0.4) is 0 Å². The second kappa shape index (κ2) is 6.90. The summed E-state index contributed by atoms with van der Waals surface area (Å²) in [6, 6.07) is 19.0. The summed E-state index contributed by atoms with van der Waals surface area (Å²) in [4.78, 5) is 1.84. The topological polar surface area (TPSA) is 47.6 Å². The molecule has 0 bridgehead atoms. The molecular formula is C19H17NO3S2. The summed E-state index contributed by atoms with van der Waals surface area (Å²) in [7, 11) is 0.410. The summed E-state index contributed by atoms with van der Waals surface area (Å²) in [5.41, 5.74) is 0.453. The van der Waals surface area contributed by atoms with Crippen LogP contribution < -0.4 is 14.8 Å². The molecule has 2 heterocycles. The monoisotopic (exact) mass is 371 g/mol. The summed E-state index contributed by atoms with van der Waals surface area (Å²) >= 11 is 1.62. The van der Waals surface area contributed by atoms with E-state index >= 15 is 0 Å². The molecule has 4 rings (SSSR count). The van der Waals surface area contributed by atoms with Gasteiger partial charge >= 0.3 is 0 Å². The molecule has 0 aliphatic carbocycles. The van der Waals surface area contributed by atoms with Crippen LogP contribution in [0.25, 0.3) is 0 Å². The molecule has 1 aliphatic rings. The molecule has 3 atom stereocenters. The molecule has 1 N–H and O–H groups in total. The largest absolute Gasteiger partial charge is 0.497 e. The number of para-hydroxylation sites is 1. The van der Waals surface area contributed by atoms with Crippen LogP contribution in [-0.4, -0.2) is 16.8 Å². The number of methoxy groups -OCH3 is 1. The maximum Gasteiger partial charge on any atom is 0.202 e. The van der Waals surface area contributed by atoms with Crippen LogP contribution in [0.1, 0.15) is 10.9 Å². The molecule has 3 aromatic rings. The molecule has 1 aliphatic heterocycles. The van der Waals surface area contributed by atoms with Crippen molar-refractivity contribution in [1.82, 2.24) is 0 Å². The number of hydrogen-bond donors (Lipinski definition) is 1. The predicted octanol–water partition coefficient (Wildman–Crippen LogP) is 4.44. The zero-order valence-corrected chi connectivity index (χ0v) is 15.2. The highest BCUT2D eigenvalue weighted by Gasteiger charge is 2.38. The summed E-state index contributed by atoms with van der Waals surface area (Å²) in [6.45, 7) is 0. The van der Waals surface area contributed by atoms with Crippen LogP contribution in [0.4, 0.5) is 5.69 Å². The fraction of sp³-hybridized carbons (Fsp3) is 0.158. The lowest BCUT2D eigenvalue weighted by Gasteiger charge is -2.23. The van der Waals surface area contributed by atoms with Crippen LogP contribution in [0.5, 0.6) is 11.5 Å². The zero-order chi connectivity index (χ0) is 17.2. The van der Waals surface area contributed by atoms with E-state index in [9.17, 15) is 4.21 Å². The molecule has 4 nitrogen and oxygen atoms in total. The first-order chi connectivity index (χ1) is 12.3. The number of fused-ring (bicyclic) bond motifs is 1. The highest BCUT2D eigenvalue weighted by atomic mass is 32.2. The quantitative estimate of drug-likeness (QED) is 0.720. The molecule has 25 heavy (non-hydrogen) atoms. The number of thiophene rings is 1. The van der Waals surface area contributed by atoms with Crippen molar-refractivity contribution in [1.29, 1.82) is 0 Å². The third kappa shape index (κ3) is 3.15. The van der Waals surface area contributed by atoms with Crippen LogP contribution in [0.15, 0.2) is 70.9 Å². The van der Waals surface area contributed by atoms with Gasteiger partial charge in [-0.15, -0.1) is 11.3 Å². The first kappa shape index (κ1) is 16.2. The maximum absolute atomic E-state index is 13.0. The molecule has 0 spiro atoms. The minimum atomic E-state index is -1.23. The standard InChI is InChI=1S/C19H17NO3S2/c1-22-14-10-8-13(9-11-14)20-18(16-6-4-12-24-16)19-23-15-5-2-3-7-17(15)25(19)21/h2-12,18-20H,1H3/t18-,19-,25?/m0/s1. The Morgan fingerprint density at radius 1 is 1.12 bits per heavy atom. The molecule has 6 heteroatoms.